The number of carbonyl (C=O) groups is 2. The number of nitrogens with zero attached hydrogens (tertiary/aromatic N) is 1. The third-order valence-corrected chi connectivity index (χ3v) is 7.11. The monoisotopic (exact) mass is 333 g/mol. The van der Waals surface area contributed by atoms with E-state index in [0.717, 1.165) is 19.3 Å². The van der Waals surface area contributed by atoms with Crippen molar-refractivity contribution in [2.75, 3.05) is 13.6 Å². The van der Waals surface area contributed by atoms with Crippen LogP contribution in [0.5, 0.6) is 0 Å². The Bertz CT molecular complexity index is 494. The van der Waals surface area contributed by atoms with Crippen LogP contribution in [0.25, 0.3) is 0 Å². The predicted octanol–water partition coefficient (Wildman–Crippen LogP) is 1.69. The van der Waals surface area contributed by atoms with E-state index in [1.807, 2.05) is 0 Å². The molecular formula is C15H27NO5S. The Kier molecular flexibility index (Phi) is 6.84. The molecule has 0 heterocycles. The average molecular weight is 333 g/mol. The minimum Gasteiger partial charge on any atom is -0.481 e. The molecule has 1 aliphatic carbocycles. The van der Waals surface area contributed by atoms with Gasteiger partial charge in [-0.1, -0.05) is 33.1 Å². The second kappa shape index (κ2) is 7.94. The van der Waals surface area contributed by atoms with Gasteiger partial charge in [0, 0.05) is 13.6 Å². The molecule has 0 bridgehead atoms. The van der Waals surface area contributed by atoms with Gasteiger partial charge in [0.1, 0.15) is 5.25 Å². The highest BCUT2D eigenvalue weighted by atomic mass is 32.2. The molecule has 0 aromatic heterocycles. The van der Waals surface area contributed by atoms with Crippen LogP contribution in [0.4, 0.5) is 0 Å². The van der Waals surface area contributed by atoms with Crippen molar-refractivity contribution in [3.05, 3.63) is 0 Å². The zero-order chi connectivity index (χ0) is 16.9. The van der Waals surface area contributed by atoms with Crippen molar-refractivity contribution in [3.63, 3.8) is 0 Å². The summed E-state index contributed by atoms with van der Waals surface area (Å²) >= 11 is 0. The van der Waals surface area contributed by atoms with Gasteiger partial charge in [-0.25, -0.2) is 8.42 Å². The average Bonchev–Trinajstić information content (AvgIpc) is 2.44. The summed E-state index contributed by atoms with van der Waals surface area (Å²) in [6.07, 6.45) is 3.88. The van der Waals surface area contributed by atoms with Gasteiger partial charge in [-0.05, 0) is 18.8 Å². The van der Waals surface area contributed by atoms with Gasteiger partial charge in [-0.15, -0.1) is 0 Å². The smallest absolute Gasteiger partial charge is 0.305 e. The molecule has 0 aromatic carbocycles. The van der Waals surface area contributed by atoms with Crippen LogP contribution >= 0.6 is 0 Å². The quantitative estimate of drug-likeness (QED) is 0.765. The van der Waals surface area contributed by atoms with Crippen molar-refractivity contribution in [1.29, 1.82) is 0 Å². The largest absolute Gasteiger partial charge is 0.481 e. The van der Waals surface area contributed by atoms with E-state index in [0.29, 0.717) is 12.8 Å². The fourth-order valence-corrected chi connectivity index (χ4v) is 5.62. The number of hydrogen-bond acceptors (Lipinski definition) is 4. The van der Waals surface area contributed by atoms with E-state index >= 15 is 0 Å². The summed E-state index contributed by atoms with van der Waals surface area (Å²) in [5, 5.41) is 7.19. The highest BCUT2D eigenvalue weighted by Gasteiger charge is 2.42. The van der Waals surface area contributed by atoms with Crippen LogP contribution in [-0.4, -0.2) is 54.4 Å². The Morgan fingerprint density at radius 3 is 2.18 bits per heavy atom. The lowest BCUT2D eigenvalue weighted by atomic mass is 10.0. The molecule has 1 saturated carbocycles. The minimum absolute atomic E-state index is 0.0254. The molecular weight excluding hydrogens is 306 g/mol. The maximum Gasteiger partial charge on any atom is 0.305 e. The van der Waals surface area contributed by atoms with Gasteiger partial charge in [0.25, 0.3) is 0 Å². The minimum atomic E-state index is -3.54. The number of amides is 1. The van der Waals surface area contributed by atoms with Crippen LogP contribution < -0.4 is 0 Å². The van der Waals surface area contributed by atoms with Gasteiger partial charge < -0.3 is 10.0 Å². The van der Waals surface area contributed by atoms with E-state index in [2.05, 4.69) is 0 Å². The van der Waals surface area contributed by atoms with Gasteiger partial charge in [-0.2, -0.15) is 0 Å². The van der Waals surface area contributed by atoms with Crippen molar-refractivity contribution < 1.29 is 23.1 Å². The highest BCUT2D eigenvalue weighted by molar-refractivity contribution is 7.93. The van der Waals surface area contributed by atoms with Crippen molar-refractivity contribution in [2.45, 2.75) is 62.9 Å². The number of carbonyl (C=O) groups excluding carboxylic acids is 1. The number of rotatable bonds is 7. The van der Waals surface area contributed by atoms with Gasteiger partial charge in [0.2, 0.25) is 5.91 Å². The summed E-state index contributed by atoms with van der Waals surface area (Å²) in [5.41, 5.74) is 0. The topological polar surface area (TPSA) is 91.8 Å². The van der Waals surface area contributed by atoms with Gasteiger partial charge in [0.15, 0.2) is 9.84 Å². The fraction of sp³-hybridized carbons (Fsp3) is 0.867. The third kappa shape index (κ3) is 4.69. The lowest BCUT2D eigenvalue weighted by Gasteiger charge is -2.31. The zero-order valence-corrected chi connectivity index (χ0v) is 14.4. The number of carboxylic acids is 1. The molecule has 1 rings (SSSR count). The zero-order valence-electron chi connectivity index (χ0n) is 13.6. The lowest BCUT2D eigenvalue weighted by Crippen LogP contribution is -2.48. The summed E-state index contributed by atoms with van der Waals surface area (Å²) in [5.74, 6) is -1.82. The molecule has 1 unspecified atom stereocenters. The molecule has 1 fully saturated rings. The van der Waals surface area contributed by atoms with Crippen LogP contribution in [0.1, 0.15) is 52.4 Å². The van der Waals surface area contributed by atoms with E-state index in [4.69, 9.17) is 5.11 Å². The van der Waals surface area contributed by atoms with Crippen LogP contribution in [0, 0.1) is 5.92 Å². The highest BCUT2D eigenvalue weighted by Crippen LogP contribution is 2.29. The SMILES string of the molecule is CC(C)C(C(=O)N(C)CCC(=O)O)S(=O)(=O)C1CCCCC1. The second-order valence-electron chi connectivity index (χ2n) is 6.42. The molecule has 1 atom stereocenters. The molecule has 0 saturated heterocycles. The van der Waals surface area contributed by atoms with Crippen LogP contribution in [0.2, 0.25) is 0 Å². The second-order valence-corrected chi connectivity index (χ2v) is 8.77. The summed E-state index contributed by atoms with van der Waals surface area (Å²) in [4.78, 5) is 24.4. The number of aliphatic carboxylic acids is 1. The van der Waals surface area contributed by atoms with Crippen molar-refractivity contribution in [2.24, 2.45) is 5.92 Å². The molecule has 22 heavy (non-hydrogen) atoms. The summed E-state index contributed by atoms with van der Waals surface area (Å²) in [6, 6.07) is 0. The summed E-state index contributed by atoms with van der Waals surface area (Å²) < 4.78 is 25.7. The van der Waals surface area contributed by atoms with E-state index in [9.17, 15) is 18.0 Å². The molecule has 1 aliphatic rings. The van der Waals surface area contributed by atoms with E-state index < -0.39 is 32.2 Å². The number of hydrogen-bond donors (Lipinski definition) is 1. The van der Waals surface area contributed by atoms with Crippen LogP contribution in [0.15, 0.2) is 0 Å². The molecule has 6 nitrogen and oxygen atoms in total. The van der Waals surface area contributed by atoms with Crippen molar-refractivity contribution in [3.8, 4) is 0 Å². The molecule has 0 aromatic rings. The Morgan fingerprint density at radius 1 is 1.18 bits per heavy atom. The Hall–Kier alpha value is -1.11. The first-order valence-electron chi connectivity index (χ1n) is 7.87. The first-order chi connectivity index (χ1) is 10.2. The fourth-order valence-electron chi connectivity index (χ4n) is 3.00. The first kappa shape index (κ1) is 18.9. The van der Waals surface area contributed by atoms with Crippen LogP contribution in [0.3, 0.4) is 0 Å². The van der Waals surface area contributed by atoms with E-state index in [1.165, 1.54) is 11.9 Å². The number of sulfone groups is 1. The normalized spacial score (nSPS) is 18.2. The van der Waals surface area contributed by atoms with Gasteiger partial charge in [0.05, 0.1) is 11.7 Å². The third-order valence-electron chi connectivity index (χ3n) is 4.26. The van der Waals surface area contributed by atoms with Crippen molar-refractivity contribution in [1.82, 2.24) is 4.90 Å². The Morgan fingerprint density at radius 2 is 1.73 bits per heavy atom. The standard InChI is InChI=1S/C15H27NO5S/c1-11(2)14(15(19)16(3)10-9-13(17)18)22(20,21)12-7-5-4-6-8-12/h11-12,14H,4-10H2,1-3H3,(H,17,18). The lowest BCUT2D eigenvalue weighted by molar-refractivity contribution is -0.138. The number of carboxylic acid groups (broad SMARTS) is 1. The molecule has 1 amide bonds. The Labute approximate surface area is 132 Å². The van der Waals surface area contributed by atoms with E-state index in [1.54, 1.807) is 13.8 Å². The molecule has 128 valence electrons. The van der Waals surface area contributed by atoms with Gasteiger partial charge in [-0.3, -0.25) is 9.59 Å². The van der Waals surface area contributed by atoms with Crippen LogP contribution in [-0.2, 0) is 19.4 Å². The maximum absolute atomic E-state index is 12.8. The molecule has 7 heteroatoms. The van der Waals surface area contributed by atoms with Gasteiger partial charge >= 0.3 is 5.97 Å². The Balaban J connectivity index is 2.91. The molecule has 1 N–H and O–H groups in total. The maximum atomic E-state index is 12.8. The van der Waals surface area contributed by atoms with Crippen molar-refractivity contribution >= 4 is 21.7 Å². The predicted molar refractivity (Wildman–Crippen MR) is 84.3 cm³/mol. The molecule has 0 aliphatic heterocycles. The van der Waals surface area contributed by atoms with E-state index in [-0.39, 0.29) is 18.9 Å². The first-order valence-corrected chi connectivity index (χ1v) is 9.48. The summed E-state index contributed by atoms with van der Waals surface area (Å²) in [7, 11) is -2.08. The summed E-state index contributed by atoms with van der Waals surface area (Å²) in [6.45, 7) is 3.49. The molecule has 0 radical (unpaired) electrons. The molecule has 0 spiro atoms.